The smallest absolute Gasteiger partial charge is 0.228 e. The Bertz CT molecular complexity index is 551. The van der Waals surface area contributed by atoms with Crippen molar-refractivity contribution in [2.45, 2.75) is 43.4 Å². The van der Waals surface area contributed by atoms with Gasteiger partial charge in [0.2, 0.25) is 0 Å². The Morgan fingerprint density at radius 3 is 1.78 bits per heavy atom. The highest BCUT2D eigenvalue weighted by Gasteiger charge is 2.82. The molecule has 0 aliphatic rings. The van der Waals surface area contributed by atoms with Crippen LogP contribution in [-0.4, -0.2) is 18.0 Å². The summed E-state index contributed by atoms with van der Waals surface area (Å²) in [4.78, 5) is 0. The molecule has 1 rings (SSSR count). The maximum absolute atomic E-state index is 13.8. The SMILES string of the molecule is CCC([O])c1ccccc1C(F)(F)C(F)(F)C(F)(F)C(F)(F)F. The fourth-order valence-corrected chi connectivity index (χ4v) is 1.83. The topological polar surface area (TPSA) is 19.9 Å². The third-order valence-corrected chi connectivity index (χ3v) is 3.16. The third-order valence-electron chi connectivity index (χ3n) is 3.16. The van der Waals surface area contributed by atoms with Gasteiger partial charge in [0.05, 0.1) is 0 Å². The molecule has 0 N–H and O–H groups in total. The molecule has 0 heterocycles. The van der Waals surface area contributed by atoms with Crippen molar-refractivity contribution in [3.8, 4) is 0 Å². The number of hydrogen-bond donors (Lipinski definition) is 0. The van der Waals surface area contributed by atoms with E-state index in [1.165, 1.54) is 6.92 Å². The Labute approximate surface area is 124 Å². The third kappa shape index (κ3) is 3.00. The van der Waals surface area contributed by atoms with E-state index in [9.17, 15) is 44.6 Å². The molecule has 0 aliphatic carbocycles. The van der Waals surface area contributed by atoms with Crippen LogP contribution >= 0.6 is 0 Å². The molecule has 23 heavy (non-hydrogen) atoms. The summed E-state index contributed by atoms with van der Waals surface area (Å²) in [6.07, 6.45) is -9.22. The molecular formula is C13H10F9O. The first-order chi connectivity index (χ1) is 10.2. The Balaban J connectivity index is 3.53. The van der Waals surface area contributed by atoms with Crippen LogP contribution in [0.2, 0.25) is 0 Å². The fourth-order valence-electron chi connectivity index (χ4n) is 1.83. The molecule has 0 fully saturated rings. The van der Waals surface area contributed by atoms with Gasteiger partial charge in [0.1, 0.15) is 6.10 Å². The van der Waals surface area contributed by atoms with Gasteiger partial charge in [-0.1, -0.05) is 31.2 Å². The highest BCUT2D eigenvalue weighted by molar-refractivity contribution is 5.35. The molecule has 1 atom stereocenters. The normalized spacial score (nSPS) is 15.6. The number of hydrogen-bond acceptors (Lipinski definition) is 0. The van der Waals surface area contributed by atoms with Crippen LogP contribution in [0.5, 0.6) is 0 Å². The Hall–Kier alpha value is -1.45. The molecule has 0 aliphatic heterocycles. The molecule has 1 nitrogen and oxygen atoms in total. The maximum Gasteiger partial charge on any atom is 0.460 e. The molecule has 0 saturated heterocycles. The highest BCUT2D eigenvalue weighted by Crippen LogP contribution is 2.57. The minimum Gasteiger partial charge on any atom is -0.228 e. The van der Waals surface area contributed by atoms with E-state index in [1.54, 1.807) is 0 Å². The summed E-state index contributed by atoms with van der Waals surface area (Å²) in [5.41, 5.74) is -2.81. The lowest BCUT2D eigenvalue weighted by Crippen LogP contribution is -2.59. The van der Waals surface area contributed by atoms with Gasteiger partial charge in [0.25, 0.3) is 0 Å². The first-order valence-electron chi connectivity index (χ1n) is 6.17. The van der Waals surface area contributed by atoms with E-state index in [4.69, 9.17) is 0 Å². The molecule has 0 amide bonds. The van der Waals surface area contributed by atoms with Crippen LogP contribution in [0.4, 0.5) is 39.5 Å². The zero-order chi connectivity index (χ0) is 18.3. The second-order valence-electron chi connectivity index (χ2n) is 4.71. The molecule has 1 aromatic rings. The molecule has 0 aromatic heterocycles. The molecule has 1 radical (unpaired) electrons. The zero-order valence-corrected chi connectivity index (χ0v) is 11.4. The highest BCUT2D eigenvalue weighted by atomic mass is 19.4. The molecule has 10 heteroatoms. The Kier molecular flexibility index (Phi) is 5.01. The van der Waals surface area contributed by atoms with Crippen molar-refractivity contribution in [2.75, 3.05) is 0 Å². The van der Waals surface area contributed by atoms with Crippen molar-refractivity contribution in [1.29, 1.82) is 0 Å². The standard InChI is InChI=1S/C13H10F9O/c1-2-9(23)7-5-3-4-6-8(7)10(14,15)11(16,17)12(18,19)13(20,21)22/h3-6,9H,2H2,1H3. The molecular weight excluding hydrogens is 343 g/mol. The van der Waals surface area contributed by atoms with Crippen molar-refractivity contribution in [1.82, 2.24) is 0 Å². The summed E-state index contributed by atoms with van der Waals surface area (Å²) < 4.78 is 116. The Morgan fingerprint density at radius 2 is 1.35 bits per heavy atom. The average molecular weight is 353 g/mol. The van der Waals surface area contributed by atoms with Gasteiger partial charge in [-0.2, -0.15) is 39.5 Å². The summed E-state index contributed by atoms with van der Waals surface area (Å²) in [6, 6.07) is 2.66. The van der Waals surface area contributed by atoms with Gasteiger partial charge in [-0.25, -0.2) is 5.11 Å². The minimum absolute atomic E-state index is 0.232. The van der Waals surface area contributed by atoms with E-state index in [0.717, 1.165) is 12.1 Å². The van der Waals surface area contributed by atoms with Gasteiger partial charge in [-0.3, -0.25) is 0 Å². The van der Waals surface area contributed by atoms with Gasteiger partial charge in [0, 0.05) is 5.56 Å². The van der Waals surface area contributed by atoms with Crippen molar-refractivity contribution < 1.29 is 44.6 Å². The Morgan fingerprint density at radius 1 is 0.870 bits per heavy atom. The van der Waals surface area contributed by atoms with Gasteiger partial charge in [-0.15, -0.1) is 0 Å². The number of benzene rings is 1. The van der Waals surface area contributed by atoms with Gasteiger partial charge in [-0.05, 0) is 12.0 Å². The van der Waals surface area contributed by atoms with Gasteiger partial charge < -0.3 is 0 Å². The van der Waals surface area contributed by atoms with Crippen molar-refractivity contribution >= 4 is 0 Å². The summed E-state index contributed by atoms with van der Waals surface area (Å²) in [5.74, 6) is -19.7. The summed E-state index contributed by atoms with van der Waals surface area (Å²) in [7, 11) is 0. The van der Waals surface area contributed by atoms with Crippen LogP contribution < -0.4 is 0 Å². The molecule has 1 aromatic carbocycles. The molecule has 0 spiro atoms. The first-order valence-corrected chi connectivity index (χ1v) is 6.17. The van der Waals surface area contributed by atoms with Crippen molar-refractivity contribution in [2.24, 2.45) is 0 Å². The largest absolute Gasteiger partial charge is 0.460 e. The monoisotopic (exact) mass is 353 g/mol. The predicted octanol–water partition coefficient (Wildman–Crippen LogP) is 5.49. The van der Waals surface area contributed by atoms with Crippen LogP contribution in [0.15, 0.2) is 24.3 Å². The van der Waals surface area contributed by atoms with E-state index in [0.29, 0.717) is 6.07 Å². The van der Waals surface area contributed by atoms with Crippen LogP contribution in [0, 0.1) is 0 Å². The second-order valence-corrected chi connectivity index (χ2v) is 4.71. The second kappa shape index (κ2) is 5.88. The summed E-state index contributed by atoms with van der Waals surface area (Å²) >= 11 is 0. The van der Waals surface area contributed by atoms with Crippen LogP contribution in [0.25, 0.3) is 0 Å². The molecule has 131 valence electrons. The molecule has 0 bridgehead atoms. The maximum atomic E-state index is 13.8. The van der Waals surface area contributed by atoms with E-state index >= 15 is 0 Å². The first kappa shape index (κ1) is 19.6. The fraction of sp³-hybridized carbons (Fsp3) is 0.538. The lowest BCUT2D eigenvalue weighted by molar-refractivity contribution is -0.399. The minimum atomic E-state index is -6.98. The van der Waals surface area contributed by atoms with E-state index in [-0.39, 0.29) is 12.5 Å². The number of rotatable bonds is 5. The van der Waals surface area contributed by atoms with Crippen molar-refractivity contribution in [3.05, 3.63) is 35.4 Å². The van der Waals surface area contributed by atoms with E-state index < -0.39 is 41.2 Å². The predicted molar refractivity (Wildman–Crippen MR) is 60.0 cm³/mol. The number of alkyl halides is 9. The lowest BCUT2D eigenvalue weighted by atomic mass is 9.90. The van der Waals surface area contributed by atoms with E-state index in [2.05, 4.69) is 0 Å². The average Bonchev–Trinajstić information content (AvgIpc) is 2.44. The van der Waals surface area contributed by atoms with Crippen molar-refractivity contribution in [3.63, 3.8) is 0 Å². The molecule has 0 saturated carbocycles. The van der Waals surface area contributed by atoms with Crippen LogP contribution in [0.1, 0.15) is 30.6 Å². The summed E-state index contributed by atoms with van der Waals surface area (Å²) in [5, 5.41) is 11.5. The van der Waals surface area contributed by atoms with Crippen LogP contribution in [0.3, 0.4) is 0 Å². The van der Waals surface area contributed by atoms with E-state index in [1.807, 2.05) is 0 Å². The lowest BCUT2D eigenvalue weighted by Gasteiger charge is -2.34. The van der Waals surface area contributed by atoms with Crippen LogP contribution in [-0.2, 0) is 11.0 Å². The van der Waals surface area contributed by atoms with Gasteiger partial charge in [0.15, 0.2) is 0 Å². The zero-order valence-electron chi connectivity index (χ0n) is 11.4. The summed E-state index contributed by atoms with van der Waals surface area (Å²) in [6.45, 7) is 1.22. The molecule has 1 unspecified atom stereocenters. The number of halogens is 9. The van der Waals surface area contributed by atoms with Gasteiger partial charge >= 0.3 is 23.9 Å². The quantitative estimate of drug-likeness (QED) is 0.624.